The number of hydrogen-bond acceptors (Lipinski definition) is 2. The molecule has 0 aliphatic heterocycles. The molecule has 20 heavy (non-hydrogen) atoms. The van der Waals surface area contributed by atoms with Gasteiger partial charge in [0.15, 0.2) is 0 Å². The fraction of sp³-hybridized carbons (Fsp3) is 0.133. The van der Waals surface area contributed by atoms with Crippen molar-refractivity contribution in [2.45, 2.75) is 13.0 Å². The molecule has 1 unspecified atom stereocenters. The van der Waals surface area contributed by atoms with E-state index in [1.54, 1.807) is 28.8 Å². The van der Waals surface area contributed by atoms with Crippen molar-refractivity contribution in [3.63, 3.8) is 0 Å². The Morgan fingerprint density at radius 1 is 1.15 bits per heavy atom. The number of nitrogens with zero attached hydrogens (tertiary/aromatic N) is 2. The second-order valence-electron chi connectivity index (χ2n) is 4.67. The molecule has 0 saturated heterocycles. The minimum atomic E-state index is -0.374. The number of hydrogen-bond donors (Lipinski definition) is 1. The van der Waals surface area contributed by atoms with E-state index < -0.39 is 0 Å². The summed E-state index contributed by atoms with van der Waals surface area (Å²) >= 11 is 0. The fourth-order valence-corrected chi connectivity index (χ4v) is 2.45. The van der Waals surface area contributed by atoms with E-state index in [2.05, 4.69) is 4.98 Å². The summed E-state index contributed by atoms with van der Waals surface area (Å²) in [6, 6.07) is 10.4. The molecule has 2 aromatic carbocycles. The van der Waals surface area contributed by atoms with Crippen LogP contribution in [-0.4, -0.2) is 9.55 Å². The van der Waals surface area contributed by atoms with Crippen molar-refractivity contribution in [3.8, 4) is 0 Å². The van der Waals surface area contributed by atoms with Gasteiger partial charge in [0, 0.05) is 11.6 Å². The summed E-state index contributed by atoms with van der Waals surface area (Å²) in [5, 5.41) is 0. The molecule has 0 spiro atoms. The van der Waals surface area contributed by atoms with Gasteiger partial charge in [-0.15, -0.1) is 0 Å². The number of imidazole rings is 1. The average molecular weight is 273 g/mol. The number of nitrogens with two attached hydrogens (primary N) is 1. The van der Waals surface area contributed by atoms with Gasteiger partial charge >= 0.3 is 0 Å². The van der Waals surface area contributed by atoms with E-state index in [9.17, 15) is 8.78 Å². The number of aromatic nitrogens is 2. The van der Waals surface area contributed by atoms with Crippen LogP contribution in [0, 0.1) is 11.6 Å². The van der Waals surface area contributed by atoms with Gasteiger partial charge in [-0.2, -0.15) is 0 Å². The molecule has 0 saturated carbocycles. The third kappa shape index (κ3) is 1.91. The fourth-order valence-electron chi connectivity index (χ4n) is 2.45. The minimum absolute atomic E-state index is 0.237. The first-order valence-electron chi connectivity index (χ1n) is 6.25. The maximum absolute atomic E-state index is 13.9. The molecule has 0 aliphatic rings. The van der Waals surface area contributed by atoms with Gasteiger partial charge in [0.25, 0.3) is 0 Å². The van der Waals surface area contributed by atoms with E-state index in [4.69, 9.17) is 5.73 Å². The summed E-state index contributed by atoms with van der Waals surface area (Å²) in [7, 11) is 0. The van der Waals surface area contributed by atoms with E-state index in [0.29, 0.717) is 16.6 Å². The SMILES string of the molecule is CC(c1ccccc1F)n1c(N)nc2cc(F)ccc21. The van der Waals surface area contributed by atoms with Crippen molar-refractivity contribution >= 4 is 17.0 Å². The highest BCUT2D eigenvalue weighted by atomic mass is 19.1. The van der Waals surface area contributed by atoms with Crippen molar-refractivity contribution < 1.29 is 8.78 Å². The summed E-state index contributed by atoms with van der Waals surface area (Å²) in [5.41, 5.74) is 7.56. The Morgan fingerprint density at radius 2 is 1.90 bits per heavy atom. The number of fused-ring (bicyclic) bond motifs is 1. The van der Waals surface area contributed by atoms with Gasteiger partial charge < -0.3 is 10.3 Å². The van der Waals surface area contributed by atoms with Crippen LogP contribution in [0.3, 0.4) is 0 Å². The number of halogens is 2. The van der Waals surface area contributed by atoms with Crippen molar-refractivity contribution in [1.82, 2.24) is 9.55 Å². The standard InChI is InChI=1S/C15H13F2N3/c1-9(11-4-2-3-5-12(11)17)20-14-7-6-10(16)8-13(14)19-15(20)18/h2-9H,1H3,(H2,18,19). The highest BCUT2D eigenvalue weighted by Crippen LogP contribution is 2.28. The van der Waals surface area contributed by atoms with Crippen LogP contribution < -0.4 is 5.73 Å². The molecule has 1 atom stereocenters. The molecule has 3 nitrogen and oxygen atoms in total. The normalized spacial score (nSPS) is 12.8. The second-order valence-corrected chi connectivity index (χ2v) is 4.67. The highest BCUT2D eigenvalue weighted by molar-refractivity contribution is 5.78. The Balaban J connectivity index is 2.19. The number of nitrogen functional groups attached to an aromatic ring is 1. The number of anilines is 1. The molecule has 0 fully saturated rings. The zero-order valence-corrected chi connectivity index (χ0v) is 10.8. The van der Waals surface area contributed by atoms with Crippen molar-refractivity contribution in [1.29, 1.82) is 0 Å². The zero-order valence-electron chi connectivity index (χ0n) is 10.8. The van der Waals surface area contributed by atoms with E-state index in [1.807, 2.05) is 6.92 Å². The van der Waals surface area contributed by atoms with E-state index in [0.717, 1.165) is 0 Å². The van der Waals surface area contributed by atoms with Gasteiger partial charge in [0.05, 0.1) is 17.1 Å². The maximum Gasteiger partial charge on any atom is 0.201 e. The Morgan fingerprint density at radius 3 is 2.65 bits per heavy atom. The smallest absolute Gasteiger partial charge is 0.201 e. The molecule has 0 bridgehead atoms. The molecule has 0 radical (unpaired) electrons. The number of benzene rings is 2. The van der Waals surface area contributed by atoms with Crippen LogP contribution in [0.25, 0.3) is 11.0 Å². The first-order chi connectivity index (χ1) is 9.58. The molecule has 5 heteroatoms. The van der Waals surface area contributed by atoms with Crippen LogP contribution in [0.2, 0.25) is 0 Å². The van der Waals surface area contributed by atoms with Crippen molar-refractivity contribution in [2.75, 3.05) is 5.73 Å². The van der Waals surface area contributed by atoms with E-state index in [-0.39, 0.29) is 23.6 Å². The second kappa shape index (κ2) is 4.59. The van der Waals surface area contributed by atoms with Crippen LogP contribution in [-0.2, 0) is 0 Å². The maximum atomic E-state index is 13.9. The minimum Gasteiger partial charge on any atom is -0.369 e. The molecular weight excluding hydrogens is 260 g/mol. The molecular formula is C15H13F2N3. The number of rotatable bonds is 2. The zero-order chi connectivity index (χ0) is 14.3. The first-order valence-corrected chi connectivity index (χ1v) is 6.25. The summed E-state index contributed by atoms with van der Waals surface area (Å²) in [4.78, 5) is 4.13. The van der Waals surface area contributed by atoms with Gasteiger partial charge in [-0.25, -0.2) is 13.8 Å². The summed E-state index contributed by atoms with van der Waals surface area (Å²) in [6.07, 6.45) is 0. The third-order valence-corrected chi connectivity index (χ3v) is 3.42. The largest absolute Gasteiger partial charge is 0.369 e. The topological polar surface area (TPSA) is 43.8 Å². The Kier molecular flexibility index (Phi) is 2.89. The van der Waals surface area contributed by atoms with Crippen LogP contribution in [0.4, 0.5) is 14.7 Å². The predicted molar refractivity (Wildman–Crippen MR) is 74.3 cm³/mol. The predicted octanol–water partition coefficient (Wildman–Crippen LogP) is 3.51. The van der Waals surface area contributed by atoms with Gasteiger partial charge in [0.1, 0.15) is 11.6 Å². The lowest BCUT2D eigenvalue weighted by molar-refractivity contribution is 0.567. The summed E-state index contributed by atoms with van der Waals surface area (Å²) in [6.45, 7) is 1.83. The third-order valence-electron chi connectivity index (χ3n) is 3.42. The molecule has 1 aromatic heterocycles. The molecule has 0 aliphatic carbocycles. The summed E-state index contributed by atoms with van der Waals surface area (Å²) < 4.78 is 28.8. The lowest BCUT2D eigenvalue weighted by Crippen LogP contribution is -2.11. The Labute approximate surface area is 114 Å². The summed E-state index contributed by atoms with van der Waals surface area (Å²) in [5.74, 6) is -0.439. The lowest BCUT2D eigenvalue weighted by Gasteiger charge is -2.17. The van der Waals surface area contributed by atoms with Gasteiger partial charge in [-0.3, -0.25) is 0 Å². The molecule has 3 aromatic rings. The van der Waals surface area contributed by atoms with Gasteiger partial charge in [-0.05, 0) is 25.1 Å². The quantitative estimate of drug-likeness (QED) is 0.776. The molecule has 102 valence electrons. The van der Waals surface area contributed by atoms with Crippen molar-refractivity contribution in [2.24, 2.45) is 0 Å². The van der Waals surface area contributed by atoms with Crippen LogP contribution in [0.1, 0.15) is 18.5 Å². The average Bonchev–Trinajstić information content (AvgIpc) is 2.73. The molecule has 3 rings (SSSR count). The Hall–Kier alpha value is -2.43. The monoisotopic (exact) mass is 273 g/mol. The Bertz CT molecular complexity index is 780. The molecule has 1 heterocycles. The van der Waals surface area contributed by atoms with Crippen LogP contribution in [0.5, 0.6) is 0 Å². The first kappa shape index (κ1) is 12.6. The highest BCUT2D eigenvalue weighted by Gasteiger charge is 2.18. The molecule has 0 amide bonds. The van der Waals surface area contributed by atoms with E-state index in [1.165, 1.54) is 18.2 Å². The van der Waals surface area contributed by atoms with Crippen molar-refractivity contribution in [3.05, 3.63) is 59.7 Å². The van der Waals surface area contributed by atoms with Gasteiger partial charge in [0.2, 0.25) is 5.95 Å². The lowest BCUT2D eigenvalue weighted by atomic mass is 10.1. The van der Waals surface area contributed by atoms with Crippen LogP contribution >= 0.6 is 0 Å². The van der Waals surface area contributed by atoms with Gasteiger partial charge in [-0.1, -0.05) is 18.2 Å². The van der Waals surface area contributed by atoms with E-state index >= 15 is 0 Å². The molecule has 2 N–H and O–H groups in total. The van der Waals surface area contributed by atoms with Crippen LogP contribution in [0.15, 0.2) is 42.5 Å².